The molecule has 0 spiro atoms. The zero-order chi connectivity index (χ0) is 24.7. The van der Waals surface area contributed by atoms with Gasteiger partial charge in [0.15, 0.2) is 0 Å². The molecule has 2 heterocycles. The van der Waals surface area contributed by atoms with E-state index in [0.717, 1.165) is 55.4 Å². The third-order valence-electron chi connectivity index (χ3n) is 7.09. The minimum Gasteiger partial charge on any atom is -0.493 e. The lowest BCUT2D eigenvalue weighted by Gasteiger charge is -2.30. The normalized spacial score (nSPS) is 22.9. The Bertz CT molecular complexity index is 829. The molecule has 1 unspecified atom stereocenters. The van der Waals surface area contributed by atoms with E-state index in [1.165, 1.54) is 5.06 Å². The summed E-state index contributed by atoms with van der Waals surface area (Å²) in [4.78, 5) is 33.7. The van der Waals surface area contributed by atoms with Crippen molar-refractivity contribution in [1.82, 2.24) is 9.96 Å². The molecule has 1 aromatic rings. The maximum absolute atomic E-state index is 13.2. The van der Waals surface area contributed by atoms with Gasteiger partial charge in [-0.2, -0.15) is 0 Å². The van der Waals surface area contributed by atoms with Crippen LogP contribution in [0.25, 0.3) is 0 Å². The fourth-order valence-electron chi connectivity index (χ4n) is 5.50. The van der Waals surface area contributed by atoms with Crippen LogP contribution >= 0.6 is 0 Å². The van der Waals surface area contributed by atoms with E-state index in [1.807, 2.05) is 26.0 Å². The van der Waals surface area contributed by atoms with Crippen LogP contribution in [0.15, 0.2) is 18.2 Å². The number of carboxylic acids is 1. The molecule has 0 bridgehead atoms. The molecule has 3 rings (SSSR count). The summed E-state index contributed by atoms with van der Waals surface area (Å²) in [5.41, 5.74) is 2.18. The van der Waals surface area contributed by atoms with Gasteiger partial charge in [0, 0.05) is 31.5 Å². The van der Waals surface area contributed by atoms with Crippen LogP contribution < -0.4 is 4.74 Å². The lowest BCUT2D eigenvalue weighted by atomic mass is 9.81. The summed E-state index contributed by atoms with van der Waals surface area (Å²) >= 11 is 0. The molecular weight excluding hydrogens is 432 g/mol. The minimum absolute atomic E-state index is 0.0874. The predicted molar refractivity (Wildman–Crippen MR) is 132 cm³/mol. The fourth-order valence-corrected chi connectivity index (χ4v) is 5.50. The zero-order valence-corrected chi connectivity index (χ0v) is 21.3. The van der Waals surface area contributed by atoms with Crippen molar-refractivity contribution in [3.63, 3.8) is 0 Å². The van der Waals surface area contributed by atoms with E-state index in [0.29, 0.717) is 32.2 Å². The Balaban J connectivity index is 1.87. The molecule has 1 fully saturated rings. The van der Waals surface area contributed by atoms with E-state index in [9.17, 15) is 14.7 Å². The van der Waals surface area contributed by atoms with Crippen LogP contribution in [0, 0.1) is 11.8 Å². The number of nitrogens with zero attached hydrogens (tertiary/aromatic N) is 2. The van der Waals surface area contributed by atoms with E-state index in [4.69, 9.17) is 9.57 Å². The highest BCUT2D eigenvalue weighted by Gasteiger charge is 2.47. The molecule has 190 valence electrons. The van der Waals surface area contributed by atoms with E-state index >= 15 is 0 Å². The third-order valence-corrected chi connectivity index (χ3v) is 7.09. The van der Waals surface area contributed by atoms with E-state index in [1.54, 1.807) is 0 Å². The van der Waals surface area contributed by atoms with Crippen LogP contribution in [0.5, 0.6) is 5.75 Å². The molecule has 1 aromatic carbocycles. The van der Waals surface area contributed by atoms with Crippen molar-refractivity contribution in [2.24, 2.45) is 11.8 Å². The number of amides is 1. The number of aliphatic carboxylic acids is 1. The summed E-state index contributed by atoms with van der Waals surface area (Å²) < 4.78 is 5.66. The first kappa shape index (κ1) is 26.5. The van der Waals surface area contributed by atoms with E-state index in [-0.39, 0.29) is 24.4 Å². The molecule has 1 saturated heterocycles. The average Bonchev–Trinajstić information content (AvgIpc) is 3.41. The molecule has 1 amide bonds. The second-order valence-corrected chi connectivity index (χ2v) is 9.89. The number of fused-ring (bicyclic) bond motifs is 1. The number of hydrogen-bond acceptors (Lipinski definition) is 5. The lowest BCUT2D eigenvalue weighted by molar-refractivity contribution is -0.188. The summed E-state index contributed by atoms with van der Waals surface area (Å²) in [6, 6.07) is 5.91. The highest BCUT2D eigenvalue weighted by atomic mass is 16.7. The largest absolute Gasteiger partial charge is 0.493 e. The Morgan fingerprint density at radius 2 is 2.03 bits per heavy atom. The van der Waals surface area contributed by atoms with Gasteiger partial charge in [-0.3, -0.25) is 19.3 Å². The Hall–Kier alpha value is -2.12. The van der Waals surface area contributed by atoms with Crippen LogP contribution in [0.4, 0.5) is 0 Å². The number of likely N-dealkylation sites (tertiary alicyclic amines) is 1. The molecule has 4 atom stereocenters. The van der Waals surface area contributed by atoms with Gasteiger partial charge in [0.05, 0.1) is 25.7 Å². The summed E-state index contributed by atoms with van der Waals surface area (Å²) in [6.07, 6.45) is 5.38. The lowest BCUT2D eigenvalue weighted by Crippen LogP contribution is -2.45. The van der Waals surface area contributed by atoms with Gasteiger partial charge in [-0.25, -0.2) is 5.06 Å². The van der Waals surface area contributed by atoms with Crippen molar-refractivity contribution in [3.8, 4) is 5.75 Å². The summed E-state index contributed by atoms with van der Waals surface area (Å²) in [5.74, 6) is -0.287. The number of carbonyl (C=O) groups excluding carboxylic acids is 1. The third kappa shape index (κ3) is 6.30. The monoisotopic (exact) mass is 474 g/mol. The highest BCUT2D eigenvalue weighted by molar-refractivity contribution is 5.78. The Kier molecular flexibility index (Phi) is 9.77. The quantitative estimate of drug-likeness (QED) is 0.424. The number of carboxylic acid groups (broad SMARTS) is 1. The maximum atomic E-state index is 13.2. The minimum atomic E-state index is -0.780. The standard InChI is InChI=1S/C27H42N2O5/c1-5-8-19(4)15-23-26(27(31)32)22(20-9-10-24-21(16-20)11-14-33-24)17-28(23)18-25(30)29(12-6-2)34-13-7-3/h9-10,16,19,22-23,26H,5-8,11-15,17-18H2,1-4H3,(H,31,32)/t19?,22-,23+,26-/m1/s1. The average molecular weight is 475 g/mol. The molecule has 0 aliphatic carbocycles. The molecule has 0 aromatic heterocycles. The van der Waals surface area contributed by atoms with Crippen LogP contribution in [-0.2, 0) is 20.8 Å². The predicted octanol–water partition coefficient (Wildman–Crippen LogP) is 4.50. The smallest absolute Gasteiger partial charge is 0.308 e. The first-order chi connectivity index (χ1) is 16.4. The Morgan fingerprint density at radius 1 is 1.24 bits per heavy atom. The molecule has 34 heavy (non-hydrogen) atoms. The van der Waals surface area contributed by atoms with Gasteiger partial charge in [0.1, 0.15) is 5.75 Å². The molecule has 2 aliphatic rings. The van der Waals surface area contributed by atoms with Crippen molar-refractivity contribution in [2.75, 3.05) is 32.8 Å². The van der Waals surface area contributed by atoms with Gasteiger partial charge < -0.3 is 9.84 Å². The van der Waals surface area contributed by atoms with Crippen LogP contribution in [-0.4, -0.2) is 65.8 Å². The summed E-state index contributed by atoms with van der Waals surface area (Å²) in [5, 5.41) is 11.8. The second-order valence-electron chi connectivity index (χ2n) is 9.89. The first-order valence-corrected chi connectivity index (χ1v) is 13.0. The molecule has 2 aliphatic heterocycles. The van der Waals surface area contributed by atoms with Crippen molar-refractivity contribution in [1.29, 1.82) is 0 Å². The number of ether oxygens (including phenoxy) is 1. The number of benzene rings is 1. The van der Waals surface area contributed by atoms with Crippen LogP contribution in [0.1, 0.15) is 76.8 Å². The van der Waals surface area contributed by atoms with Gasteiger partial charge in [0.2, 0.25) is 0 Å². The Labute approximate surface area is 204 Å². The number of carbonyl (C=O) groups is 2. The second kappa shape index (κ2) is 12.5. The zero-order valence-electron chi connectivity index (χ0n) is 21.3. The van der Waals surface area contributed by atoms with Gasteiger partial charge in [-0.15, -0.1) is 0 Å². The van der Waals surface area contributed by atoms with Crippen LogP contribution in [0.3, 0.4) is 0 Å². The van der Waals surface area contributed by atoms with E-state index < -0.39 is 11.9 Å². The van der Waals surface area contributed by atoms with Crippen LogP contribution in [0.2, 0.25) is 0 Å². The fraction of sp³-hybridized carbons (Fsp3) is 0.704. The molecule has 7 heteroatoms. The Morgan fingerprint density at radius 3 is 2.71 bits per heavy atom. The first-order valence-electron chi connectivity index (χ1n) is 13.0. The highest BCUT2D eigenvalue weighted by Crippen LogP contribution is 2.42. The van der Waals surface area contributed by atoms with Crippen molar-refractivity contribution in [2.45, 2.75) is 78.2 Å². The van der Waals surface area contributed by atoms with Gasteiger partial charge in [-0.05, 0) is 42.4 Å². The number of rotatable bonds is 13. The summed E-state index contributed by atoms with van der Waals surface area (Å²) in [6.45, 7) is 10.8. The van der Waals surface area contributed by atoms with Gasteiger partial charge >= 0.3 is 5.97 Å². The maximum Gasteiger partial charge on any atom is 0.308 e. The van der Waals surface area contributed by atoms with Gasteiger partial charge in [0.25, 0.3) is 5.91 Å². The molecule has 0 saturated carbocycles. The van der Waals surface area contributed by atoms with Gasteiger partial charge in [-0.1, -0.05) is 52.7 Å². The number of hydroxylamine groups is 2. The molecule has 0 radical (unpaired) electrons. The summed E-state index contributed by atoms with van der Waals surface area (Å²) in [7, 11) is 0. The molecule has 1 N–H and O–H groups in total. The number of hydrogen-bond donors (Lipinski definition) is 1. The SMILES string of the molecule is CCCON(CCC)C(=O)CN1C[C@H](c2ccc3c(c2)CCO3)[C@@H](C(=O)O)[C@@H]1CC(C)CCC. The van der Waals surface area contributed by atoms with Crippen molar-refractivity contribution >= 4 is 11.9 Å². The van der Waals surface area contributed by atoms with Crippen molar-refractivity contribution in [3.05, 3.63) is 29.3 Å². The molecule has 7 nitrogen and oxygen atoms in total. The van der Waals surface area contributed by atoms with Crippen molar-refractivity contribution < 1.29 is 24.3 Å². The molecular formula is C27H42N2O5. The topological polar surface area (TPSA) is 79.3 Å². The van der Waals surface area contributed by atoms with E-state index in [2.05, 4.69) is 24.8 Å².